The van der Waals surface area contributed by atoms with Crippen LogP contribution < -0.4 is 4.90 Å². The van der Waals surface area contributed by atoms with E-state index in [1.54, 1.807) is 52.2 Å². The highest BCUT2D eigenvalue weighted by Crippen LogP contribution is 2.22. The predicted molar refractivity (Wildman–Crippen MR) is 98.0 cm³/mol. The average molecular weight is 419 g/mol. The van der Waals surface area contributed by atoms with E-state index in [2.05, 4.69) is 20.9 Å². The van der Waals surface area contributed by atoms with Gasteiger partial charge in [-0.1, -0.05) is 12.1 Å². The van der Waals surface area contributed by atoms with Gasteiger partial charge in [0.15, 0.2) is 10.4 Å². The van der Waals surface area contributed by atoms with E-state index < -0.39 is 0 Å². The van der Waals surface area contributed by atoms with Crippen LogP contribution in [0.5, 0.6) is 0 Å². The van der Waals surface area contributed by atoms with Gasteiger partial charge in [-0.2, -0.15) is 0 Å². The van der Waals surface area contributed by atoms with Crippen molar-refractivity contribution in [3.63, 3.8) is 0 Å². The Labute approximate surface area is 158 Å². The molecule has 1 aromatic carbocycles. The lowest BCUT2D eigenvalue weighted by Gasteiger charge is -2.35. The summed E-state index contributed by atoms with van der Waals surface area (Å²) in [5.41, 5.74) is 0.457. The molecule has 1 saturated heterocycles. The molecular weight excluding hydrogens is 403 g/mol. The summed E-state index contributed by atoms with van der Waals surface area (Å²) in [5.74, 6) is 0.554. The van der Waals surface area contributed by atoms with Crippen LogP contribution in [0.25, 0.3) is 5.69 Å². The molecule has 3 aromatic rings. The fraction of sp³-hybridized carbons (Fsp3) is 0.222. The van der Waals surface area contributed by atoms with Crippen molar-refractivity contribution < 1.29 is 13.6 Å². The Kier molecular flexibility index (Phi) is 4.50. The summed E-state index contributed by atoms with van der Waals surface area (Å²) < 4.78 is 21.7. The molecule has 8 heteroatoms. The van der Waals surface area contributed by atoms with Gasteiger partial charge in [0.05, 0.1) is 5.69 Å². The highest BCUT2D eigenvalue weighted by Gasteiger charge is 2.26. The van der Waals surface area contributed by atoms with Gasteiger partial charge in [0.1, 0.15) is 5.82 Å². The summed E-state index contributed by atoms with van der Waals surface area (Å²) in [4.78, 5) is 20.6. The number of rotatable bonds is 3. The smallest absolute Gasteiger partial charge is 0.289 e. The predicted octanol–water partition coefficient (Wildman–Crippen LogP) is 3.33. The van der Waals surface area contributed by atoms with E-state index in [-0.39, 0.29) is 11.7 Å². The standard InChI is InChI=1S/C18H16BrFN4O2/c19-16-6-5-15(26-16)17(25)22-9-11-23(12-10-22)18-21-7-8-24(18)14-4-2-1-3-13(14)20/h1-8H,9-12H2. The summed E-state index contributed by atoms with van der Waals surface area (Å²) in [6.45, 7) is 2.31. The molecule has 1 aliphatic heterocycles. The zero-order valence-corrected chi connectivity index (χ0v) is 15.4. The number of imidazole rings is 1. The molecule has 0 aliphatic carbocycles. The highest BCUT2D eigenvalue weighted by atomic mass is 79.9. The van der Waals surface area contributed by atoms with Crippen LogP contribution in [0, 0.1) is 5.82 Å². The Bertz CT molecular complexity index is 931. The largest absolute Gasteiger partial charge is 0.444 e. The average Bonchev–Trinajstić information content (AvgIpc) is 3.31. The lowest BCUT2D eigenvalue weighted by Crippen LogP contribution is -2.49. The van der Waals surface area contributed by atoms with Gasteiger partial charge in [-0.05, 0) is 40.2 Å². The minimum absolute atomic E-state index is 0.132. The Hall–Kier alpha value is -2.61. The molecule has 0 atom stereocenters. The van der Waals surface area contributed by atoms with Crippen molar-refractivity contribution in [2.75, 3.05) is 31.1 Å². The quantitative estimate of drug-likeness (QED) is 0.654. The maximum Gasteiger partial charge on any atom is 0.289 e. The first kappa shape index (κ1) is 16.8. The number of nitrogens with zero attached hydrogens (tertiary/aromatic N) is 4. The Morgan fingerprint density at radius 3 is 2.58 bits per heavy atom. The number of halogens is 2. The highest BCUT2D eigenvalue weighted by molar-refractivity contribution is 9.10. The molecule has 0 bridgehead atoms. The van der Waals surface area contributed by atoms with Gasteiger partial charge < -0.3 is 14.2 Å². The number of furan rings is 1. The van der Waals surface area contributed by atoms with E-state index in [1.807, 2.05) is 4.90 Å². The van der Waals surface area contributed by atoms with Crippen molar-refractivity contribution in [2.24, 2.45) is 0 Å². The van der Waals surface area contributed by atoms with Crippen molar-refractivity contribution in [1.29, 1.82) is 0 Å². The van der Waals surface area contributed by atoms with E-state index in [1.165, 1.54) is 6.07 Å². The van der Waals surface area contributed by atoms with Crippen molar-refractivity contribution in [3.05, 3.63) is 65.0 Å². The SMILES string of the molecule is O=C(c1ccc(Br)o1)N1CCN(c2nccn2-c2ccccc2F)CC1. The van der Waals surface area contributed by atoms with Gasteiger partial charge in [0.25, 0.3) is 5.91 Å². The van der Waals surface area contributed by atoms with Crippen LogP contribution in [0.15, 0.2) is 57.9 Å². The summed E-state index contributed by atoms with van der Waals surface area (Å²) in [7, 11) is 0. The molecule has 1 amide bonds. The number of anilines is 1. The Morgan fingerprint density at radius 1 is 1.12 bits per heavy atom. The van der Waals surface area contributed by atoms with Gasteiger partial charge >= 0.3 is 0 Å². The number of para-hydroxylation sites is 1. The first-order valence-corrected chi connectivity index (χ1v) is 9.00. The van der Waals surface area contributed by atoms with E-state index in [0.717, 1.165) is 0 Å². The van der Waals surface area contributed by atoms with Crippen molar-refractivity contribution in [1.82, 2.24) is 14.5 Å². The minimum Gasteiger partial charge on any atom is -0.444 e. The topological polar surface area (TPSA) is 54.5 Å². The first-order valence-electron chi connectivity index (χ1n) is 8.21. The fourth-order valence-electron chi connectivity index (χ4n) is 3.06. The van der Waals surface area contributed by atoms with E-state index in [9.17, 15) is 9.18 Å². The van der Waals surface area contributed by atoms with Gasteiger partial charge in [-0.25, -0.2) is 9.37 Å². The number of carbonyl (C=O) groups is 1. The molecule has 0 unspecified atom stereocenters. The van der Waals surface area contributed by atoms with E-state index in [0.29, 0.717) is 48.2 Å². The molecule has 1 fully saturated rings. The van der Waals surface area contributed by atoms with Crippen LogP contribution in [-0.2, 0) is 0 Å². The second-order valence-corrected chi connectivity index (χ2v) is 6.71. The molecule has 6 nitrogen and oxygen atoms in total. The molecule has 0 N–H and O–H groups in total. The number of hydrogen-bond acceptors (Lipinski definition) is 4. The zero-order chi connectivity index (χ0) is 18.1. The van der Waals surface area contributed by atoms with Crippen LogP contribution in [0.3, 0.4) is 0 Å². The number of aromatic nitrogens is 2. The van der Waals surface area contributed by atoms with Crippen LogP contribution in [-0.4, -0.2) is 46.5 Å². The molecule has 0 saturated carbocycles. The van der Waals surface area contributed by atoms with Crippen LogP contribution >= 0.6 is 15.9 Å². The summed E-state index contributed by atoms with van der Waals surface area (Å²) in [6.07, 6.45) is 3.39. The molecule has 1 aliphatic rings. The van der Waals surface area contributed by atoms with Gasteiger partial charge in [-0.15, -0.1) is 0 Å². The monoisotopic (exact) mass is 418 g/mol. The van der Waals surface area contributed by atoms with E-state index in [4.69, 9.17) is 4.42 Å². The Morgan fingerprint density at radius 2 is 1.88 bits per heavy atom. The van der Waals surface area contributed by atoms with Gasteiger partial charge in [0, 0.05) is 38.6 Å². The van der Waals surface area contributed by atoms with Gasteiger partial charge in [-0.3, -0.25) is 9.36 Å². The third-order valence-electron chi connectivity index (χ3n) is 4.37. The molecule has 2 aromatic heterocycles. The lowest BCUT2D eigenvalue weighted by molar-refractivity contribution is 0.0712. The Balaban J connectivity index is 1.49. The first-order chi connectivity index (χ1) is 12.6. The van der Waals surface area contributed by atoms with Crippen LogP contribution in [0.2, 0.25) is 0 Å². The van der Waals surface area contributed by atoms with Crippen molar-refractivity contribution in [3.8, 4) is 5.69 Å². The number of hydrogen-bond donors (Lipinski definition) is 0. The molecule has 0 radical (unpaired) electrons. The number of carbonyl (C=O) groups excluding carboxylic acids is 1. The normalized spacial score (nSPS) is 14.7. The van der Waals surface area contributed by atoms with Crippen molar-refractivity contribution >= 4 is 27.8 Å². The fourth-order valence-corrected chi connectivity index (χ4v) is 3.37. The number of amides is 1. The molecule has 4 rings (SSSR count). The minimum atomic E-state index is -0.302. The third kappa shape index (κ3) is 3.12. The number of piperazine rings is 1. The van der Waals surface area contributed by atoms with E-state index >= 15 is 0 Å². The molecule has 134 valence electrons. The van der Waals surface area contributed by atoms with Crippen LogP contribution in [0.1, 0.15) is 10.6 Å². The van der Waals surface area contributed by atoms with Gasteiger partial charge in [0.2, 0.25) is 5.95 Å². The molecule has 26 heavy (non-hydrogen) atoms. The molecule has 3 heterocycles. The molecular formula is C18H16BrFN4O2. The van der Waals surface area contributed by atoms with Crippen molar-refractivity contribution in [2.45, 2.75) is 0 Å². The second kappa shape index (κ2) is 6.95. The third-order valence-corrected chi connectivity index (χ3v) is 4.79. The summed E-state index contributed by atoms with van der Waals surface area (Å²) in [5, 5.41) is 0. The lowest BCUT2D eigenvalue weighted by atomic mass is 10.3. The molecule has 0 spiro atoms. The number of benzene rings is 1. The second-order valence-electron chi connectivity index (χ2n) is 5.93. The summed E-state index contributed by atoms with van der Waals surface area (Å²) in [6, 6.07) is 9.96. The zero-order valence-electron chi connectivity index (χ0n) is 13.8. The van der Waals surface area contributed by atoms with Crippen LogP contribution in [0.4, 0.5) is 10.3 Å². The maximum atomic E-state index is 14.1. The summed E-state index contributed by atoms with van der Waals surface area (Å²) >= 11 is 3.21. The maximum absolute atomic E-state index is 14.1.